The normalized spacial score (nSPS) is 12.1. The standard InChI is InChI=1S/C22H43NO4S/c1-2-3-4-5-6-7-8-9-10-11-12-13-14-16-21(24)27-18-15-17-23-20(19-28)22(25)26/h20,23,28H,2-19H2,1H3,(H,25,26). The zero-order chi connectivity index (χ0) is 20.9. The lowest BCUT2D eigenvalue weighted by Crippen LogP contribution is -2.39. The van der Waals surface area contributed by atoms with E-state index in [1.54, 1.807) is 0 Å². The molecule has 0 saturated heterocycles. The Morgan fingerprint density at radius 2 is 1.36 bits per heavy atom. The van der Waals surface area contributed by atoms with Gasteiger partial charge in [-0.2, -0.15) is 12.6 Å². The van der Waals surface area contributed by atoms with Crippen molar-refractivity contribution in [3.8, 4) is 0 Å². The zero-order valence-corrected chi connectivity index (χ0v) is 18.8. The molecule has 0 aromatic heterocycles. The van der Waals surface area contributed by atoms with Crippen LogP contribution in [-0.2, 0) is 14.3 Å². The van der Waals surface area contributed by atoms with Gasteiger partial charge in [0, 0.05) is 12.2 Å². The summed E-state index contributed by atoms with van der Waals surface area (Å²) in [4.78, 5) is 22.5. The molecule has 0 radical (unpaired) electrons. The van der Waals surface area contributed by atoms with Crippen molar-refractivity contribution in [2.45, 2.75) is 109 Å². The van der Waals surface area contributed by atoms with Crippen LogP contribution in [0.4, 0.5) is 0 Å². The number of carbonyl (C=O) groups excluding carboxylic acids is 1. The fourth-order valence-electron chi connectivity index (χ4n) is 3.12. The quantitative estimate of drug-likeness (QED) is 0.133. The highest BCUT2D eigenvalue weighted by atomic mass is 32.1. The summed E-state index contributed by atoms with van der Waals surface area (Å²) in [6.07, 6.45) is 17.9. The summed E-state index contributed by atoms with van der Waals surface area (Å²) < 4.78 is 5.18. The Morgan fingerprint density at radius 3 is 1.82 bits per heavy atom. The van der Waals surface area contributed by atoms with E-state index in [9.17, 15) is 9.59 Å². The summed E-state index contributed by atoms with van der Waals surface area (Å²) in [5, 5.41) is 11.7. The van der Waals surface area contributed by atoms with Gasteiger partial charge in [0.05, 0.1) is 6.61 Å². The number of carbonyl (C=O) groups is 2. The van der Waals surface area contributed by atoms with E-state index in [1.165, 1.54) is 70.6 Å². The molecule has 0 spiro atoms. The number of hydrogen-bond donors (Lipinski definition) is 3. The number of rotatable bonds is 21. The lowest BCUT2D eigenvalue weighted by atomic mass is 10.0. The molecule has 0 fully saturated rings. The summed E-state index contributed by atoms with van der Waals surface area (Å²) in [6, 6.07) is -0.648. The second-order valence-corrected chi connectivity index (χ2v) is 7.96. The van der Waals surface area contributed by atoms with Gasteiger partial charge >= 0.3 is 11.9 Å². The van der Waals surface area contributed by atoms with Gasteiger partial charge in [0.25, 0.3) is 0 Å². The van der Waals surface area contributed by atoms with Crippen LogP contribution in [0.5, 0.6) is 0 Å². The van der Waals surface area contributed by atoms with Crippen LogP contribution in [0.15, 0.2) is 0 Å². The number of hydrogen-bond acceptors (Lipinski definition) is 5. The van der Waals surface area contributed by atoms with E-state index in [0.717, 1.165) is 12.8 Å². The van der Waals surface area contributed by atoms with Crippen LogP contribution in [0.1, 0.15) is 103 Å². The molecule has 6 heteroatoms. The van der Waals surface area contributed by atoms with Crippen molar-refractivity contribution < 1.29 is 19.4 Å². The first-order valence-electron chi connectivity index (χ1n) is 11.3. The lowest BCUT2D eigenvalue weighted by molar-refractivity contribution is -0.144. The predicted octanol–water partition coefficient (Wildman–Crippen LogP) is 5.37. The Kier molecular flexibility index (Phi) is 20.4. The highest BCUT2D eigenvalue weighted by molar-refractivity contribution is 7.80. The van der Waals surface area contributed by atoms with Crippen LogP contribution in [0, 0.1) is 0 Å². The predicted molar refractivity (Wildman–Crippen MR) is 119 cm³/mol. The highest BCUT2D eigenvalue weighted by Gasteiger charge is 2.13. The summed E-state index contributed by atoms with van der Waals surface area (Å²) in [5.41, 5.74) is 0. The number of esters is 1. The van der Waals surface area contributed by atoms with Gasteiger partial charge in [0.15, 0.2) is 0 Å². The van der Waals surface area contributed by atoms with Crippen molar-refractivity contribution >= 4 is 24.6 Å². The molecule has 5 nitrogen and oxygen atoms in total. The minimum absolute atomic E-state index is 0.146. The van der Waals surface area contributed by atoms with E-state index < -0.39 is 12.0 Å². The van der Waals surface area contributed by atoms with E-state index in [4.69, 9.17) is 9.84 Å². The molecule has 0 heterocycles. The molecule has 0 saturated carbocycles. The molecule has 0 bridgehead atoms. The topological polar surface area (TPSA) is 75.6 Å². The van der Waals surface area contributed by atoms with Gasteiger partial charge < -0.3 is 15.2 Å². The van der Waals surface area contributed by atoms with Crippen molar-refractivity contribution in [1.82, 2.24) is 5.32 Å². The number of unbranched alkanes of at least 4 members (excludes halogenated alkanes) is 12. The third kappa shape index (κ3) is 18.6. The third-order valence-electron chi connectivity index (χ3n) is 4.94. The Morgan fingerprint density at radius 1 is 0.857 bits per heavy atom. The van der Waals surface area contributed by atoms with Gasteiger partial charge in [-0.05, 0) is 19.4 Å². The first kappa shape index (κ1) is 27.2. The average Bonchev–Trinajstić information content (AvgIpc) is 2.68. The minimum atomic E-state index is -0.908. The maximum atomic E-state index is 11.7. The minimum Gasteiger partial charge on any atom is -0.480 e. The summed E-state index contributed by atoms with van der Waals surface area (Å²) in [5.74, 6) is -0.810. The number of thiol groups is 1. The van der Waals surface area contributed by atoms with E-state index in [-0.39, 0.29) is 11.7 Å². The number of ether oxygens (including phenoxy) is 1. The van der Waals surface area contributed by atoms with Crippen molar-refractivity contribution in [2.24, 2.45) is 0 Å². The molecule has 1 unspecified atom stereocenters. The molecule has 0 aliphatic rings. The van der Waals surface area contributed by atoms with Crippen LogP contribution in [0.25, 0.3) is 0 Å². The molecule has 0 aromatic rings. The number of carboxylic acid groups (broad SMARTS) is 1. The molecule has 0 aliphatic heterocycles. The van der Waals surface area contributed by atoms with Gasteiger partial charge in [-0.15, -0.1) is 0 Å². The van der Waals surface area contributed by atoms with Crippen LogP contribution in [0.2, 0.25) is 0 Å². The first-order chi connectivity index (χ1) is 13.6. The maximum absolute atomic E-state index is 11.7. The SMILES string of the molecule is CCCCCCCCCCCCCCCC(=O)OCCCNC(CS)C(=O)O. The van der Waals surface area contributed by atoms with Crippen molar-refractivity contribution in [3.05, 3.63) is 0 Å². The second kappa shape index (κ2) is 21.0. The van der Waals surface area contributed by atoms with E-state index in [0.29, 0.717) is 26.0 Å². The van der Waals surface area contributed by atoms with Crippen molar-refractivity contribution in [3.63, 3.8) is 0 Å². The lowest BCUT2D eigenvalue weighted by Gasteiger charge is -2.11. The third-order valence-corrected chi connectivity index (χ3v) is 5.31. The van der Waals surface area contributed by atoms with E-state index in [2.05, 4.69) is 24.9 Å². The summed E-state index contributed by atoms with van der Waals surface area (Å²) in [6.45, 7) is 3.10. The highest BCUT2D eigenvalue weighted by Crippen LogP contribution is 2.13. The summed E-state index contributed by atoms with van der Waals surface area (Å²) >= 11 is 3.98. The van der Waals surface area contributed by atoms with Crippen LogP contribution in [-0.4, -0.2) is 42.0 Å². The smallest absolute Gasteiger partial charge is 0.321 e. The van der Waals surface area contributed by atoms with Gasteiger partial charge in [-0.3, -0.25) is 9.59 Å². The fourth-order valence-corrected chi connectivity index (χ4v) is 3.41. The van der Waals surface area contributed by atoms with Gasteiger partial charge in [-0.25, -0.2) is 0 Å². The van der Waals surface area contributed by atoms with Crippen LogP contribution < -0.4 is 5.32 Å². The summed E-state index contributed by atoms with van der Waals surface area (Å²) in [7, 11) is 0. The second-order valence-electron chi connectivity index (χ2n) is 7.59. The first-order valence-corrected chi connectivity index (χ1v) is 12.0. The van der Waals surface area contributed by atoms with Gasteiger partial charge in [0.2, 0.25) is 0 Å². The molecular formula is C22H43NO4S. The Hall–Kier alpha value is -0.750. The maximum Gasteiger partial charge on any atom is 0.321 e. The molecule has 166 valence electrons. The Labute approximate surface area is 177 Å². The number of nitrogens with one attached hydrogen (secondary N) is 1. The Bertz CT molecular complexity index is 380. The van der Waals surface area contributed by atoms with E-state index >= 15 is 0 Å². The molecule has 28 heavy (non-hydrogen) atoms. The molecular weight excluding hydrogens is 374 g/mol. The van der Waals surface area contributed by atoms with Gasteiger partial charge in [-0.1, -0.05) is 84.0 Å². The number of aliphatic carboxylic acids is 1. The zero-order valence-electron chi connectivity index (χ0n) is 17.9. The molecule has 0 aliphatic carbocycles. The largest absolute Gasteiger partial charge is 0.480 e. The molecule has 0 rings (SSSR count). The Balaban J connectivity index is 3.28. The molecule has 0 aromatic carbocycles. The average molecular weight is 418 g/mol. The van der Waals surface area contributed by atoms with E-state index in [1.807, 2.05) is 0 Å². The van der Waals surface area contributed by atoms with Gasteiger partial charge in [0.1, 0.15) is 6.04 Å². The van der Waals surface area contributed by atoms with Crippen molar-refractivity contribution in [1.29, 1.82) is 0 Å². The van der Waals surface area contributed by atoms with Crippen molar-refractivity contribution in [2.75, 3.05) is 18.9 Å². The molecule has 0 amide bonds. The molecule has 2 N–H and O–H groups in total. The number of carboxylic acids is 1. The molecule has 1 atom stereocenters. The van der Waals surface area contributed by atoms with Crippen LogP contribution >= 0.6 is 12.6 Å². The fraction of sp³-hybridized carbons (Fsp3) is 0.909. The monoisotopic (exact) mass is 417 g/mol. The van der Waals surface area contributed by atoms with Crippen LogP contribution in [0.3, 0.4) is 0 Å².